The summed E-state index contributed by atoms with van der Waals surface area (Å²) in [6.45, 7) is 0. The van der Waals surface area contributed by atoms with Crippen LogP contribution in [0, 0.1) is 0 Å². The SMILES string of the molecule is COc1ccc(C2=NN=C(C(N)CC(=O)O)SC2)c(OC)c1. The second kappa shape index (κ2) is 7.28. The fourth-order valence-corrected chi connectivity index (χ4v) is 2.83. The molecule has 0 saturated heterocycles. The number of hydrogen-bond acceptors (Lipinski definition) is 7. The number of nitrogens with two attached hydrogens (primary N) is 1. The molecule has 8 heteroatoms. The fraction of sp³-hybridized carbons (Fsp3) is 0.357. The largest absolute Gasteiger partial charge is 0.497 e. The van der Waals surface area contributed by atoms with Crippen molar-refractivity contribution in [2.75, 3.05) is 20.0 Å². The van der Waals surface area contributed by atoms with E-state index in [1.807, 2.05) is 12.1 Å². The molecular formula is C14H17N3O4S. The first-order valence-corrected chi connectivity index (χ1v) is 7.50. The average Bonchev–Trinajstić information content (AvgIpc) is 2.53. The topological polar surface area (TPSA) is 106 Å². The van der Waals surface area contributed by atoms with Crippen LogP contribution in [-0.4, -0.2) is 47.8 Å². The van der Waals surface area contributed by atoms with Crippen molar-refractivity contribution in [1.29, 1.82) is 0 Å². The van der Waals surface area contributed by atoms with Crippen LogP contribution < -0.4 is 15.2 Å². The van der Waals surface area contributed by atoms with Crippen molar-refractivity contribution in [3.05, 3.63) is 23.8 Å². The highest BCUT2D eigenvalue weighted by molar-refractivity contribution is 8.14. The third kappa shape index (κ3) is 3.77. The number of benzene rings is 1. The number of ether oxygens (including phenoxy) is 2. The Morgan fingerprint density at radius 2 is 2.18 bits per heavy atom. The molecule has 1 heterocycles. The Labute approximate surface area is 132 Å². The Balaban J connectivity index is 2.23. The van der Waals surface area contributed by atoms with E-state index in [4.69, 9.17) is 20.3 Å². The lowest BCUT2D eigenvalue weighted by atomic mass is 10.1. The molecule has 0 aromatic heterocycles. The van der Waals surface area contributed by atoms with Gasteiger partial charge in [-0.25, -0.2) is 0 Å². The van der Waals surface area contributed by atoms with Gasteiger partial charge in [-0.3, -0.25) is 4.79 Å². The molecule has 1 aromatic carbocycles. The first kappa shape index (κ1) is 16.3. The highest BCUT2D eigenvalue weighted by Crippen LogP contribution is 2.28. The van der Waals surface area contributed by atoms with Gasteiger partial charge < -0.3 is 20.3 Å². The summed E-state index contributed by atoms with van der Waals surface area (Å²) in [6, 6.07) is 4.82. The molecule has 0 amide bonds. The molecule has 1 aliphatic heterocycles. The zero-order chi connectivity index (χ0) is 16.1. The molecule has 3 N–H and O–H groups in total. The van der Waals surface area contributed by atoms with E-state index in [1.54, 1.807) is 20.3 Å². The maximum absolute atomic E-state index is 10.7. The predicted molar refractivity (Wildman–Crippen MR) is 86.2 cm³/mol. The molecule has 7 nitrogen and oxygen atoms in total. The zero-order valence-electron chi connectivity index (χ0n) is 12.3. The maximum atomic E-state index is 10.7. The second-order valence-electron chi connectivity index (χ2n) is 4.54. The third-order valence-electron chi connectivity index (χ3n) is 3.06. The minimum absolute atomic E-state index is 0.164. The van der Waals surface area contributed by atoms with E-state index in [0.717, 1.165) is 11.3 Å². The lowest BCUT2D eigenvalue weighted by Gasteiger charge is -2.17. The van der Waals surface area contributed by atoms with Gasteiger partial charge in [-0.15, -0.1) is 16.9 Å². The van der Waals surface area contributed by atoms with E-state index in [1.165, 1.54) is 11.8 Å². The van der Waals surface area contributed by atoms with Gasteiger partial charge in [-0.05, 0) is 12.1 Å². The van der Waals surface area contributed by atoms with Gasteiger partial charge in [0.25, 0.3) is 0 Å². The van der Waals surface area contributed by atoms with Crippen molar-refractivity contribution in [3.8, 4) is 11.5 Å². The minimum atomic E-state index is -0.956. The van der Waals surface area contributed by atoms with Crippen LogP contribution in [0.4, 0.5) is 0 Å². The van der Waals surface area contributed by atoms with Crippen LogP contribution in [-0.2, 0) is 4.79 Å². The van der Waals surface area contributed by atoms with E-state index in [9.17, 15) is 4.79 Å². The second-order valence-corrected chi connectivity index (χ2v) is 5.54. The van der Waals surface area contributed by atoms with Gasteiger partial charge >= 0.3 is 5.97 Å². The minimum Gasteiger partial charge on any atom is -0.497 e. The Hall–Kier alpha value is -2.06. The van der Waals surface area contributed by atoms with Crippen molar-refractivity contribution in [2.45, 2.75) is 12.5 Å². The van der Waals surface area contributed by atoms with Crippen LogP contribution in [0.25, 0.3) is 0 Å². The number of carbonyl (C=O) groups is 1. The van der Waals surface area contributed by atoms with E-state index in [0.29, 0.717) is 22.3 Å². The number of nitrogens with zero attached hydrogens (tertiary/aromatic N) is 2. The normalized spacial score (nSPS) is 15.6. The summed E-state index contributed by atoms with van der Waals surface area (Å²) in [5.41, 5.74) is 7.36. The standard InChI is InChI=1S/C14H17N3O4S/c1-20-8-3-4-9(12(5-8)21-2)11-7-22-14(17-16-11)10(15)6-13(18)19/h3-5,10H,6-7,15H2,1-2H3,(H,18,19). The highest BCUT2D eigenvalue weighted by Gasteiger charge is 2.21. The van der Waals surface area contributed by atoms with Gasteiger partial charge in [0, 0.05) is 17.4 Å². The average molecular weight is 323 g/mol. The Morgan fingerprint density at radius 1 is 1.41 bits per heavy atom. The van der Waals surface area contributed by atoms with E-state index in [2.05, 4.69) is 10.2 Å². The molecule has 1 aromatic rings. The molecule has 0 spiro atoms. The van der Waals surface area contributed by atoms with Crippen LogP contribution in [0.5, 0.6) is 11.5 Å². The Bertz CT molecular complexity index is 631. The van der Waals surface area contributed by atoms with Crippen molar-refractivity contribution in [2.24, 2.45) is 15.9 Å². The van der Waals surface area contributed by atoms with Crippen LogP contribution in [0.15, 0.2) is 28.4 Å². The molecule has 1 atom stereocenters. The van der Waals surface area contributed by atoms with Crippen LogP contribution in [0.1, 0.15) is 12.0 Å². The molecule has 0 fully saturated rings. The number of thioether (sulfide) groups is 1. The van der Waals surface area contributed by atoms with Crippen molar-refractivity contribution in [1.82, 2.24) is 0 Å². The van der Waals surface area contributed by atoms with Gasteiger partial charge in [0.1, 0.15) is 16.5 Å². The summed E-state index contributed by atoms with van der Waals surface area (Å²) in [7, 11) is 3.16. The summed E-state index contributed by atoms with van der Waals surface area (Å²) in [6.07, 6.45) is -0.164. The quantitative estimate of drug-likeness (QED) is 0.818. The van der Waals surface area contributed by atoms with E-state index >= 15 is 0 Å². The summed E-state index contributed by atoms with van der Waals surface area (Å²) >= 11 is 1.39. The molecular weight excluding hydrogens is 306 g/mol. The monoisotopic (exact) mass is 323 g/mol. The summed E-state index contributed by atoms with van der Waals surface area (Å²) in [5, 5.41) is 17.5. The first-order chi connectivity index (χ1) is 10.5. The molecule has 22 heavy (non-hydrogen) atoms. The van der Waals surface area contributed by atoms with Crippen molar-refractivity contribution >= 4 is 28.5 Å². The number of carboxylic acid groups (broad SMARTS) is 1. The zero-order valence-corrected chi connectivity index (χ0v) is 13.1. The maximum Gasteiger partial charge on any atom is 0.305 e. The number of carboxylic acids is 1. The molecule has 2 rings (SSSR count). The first-order valence-electron chi connectivity index (χ1n) is 6.52. The number of hydrogen-bond donors (Lipinski definition) is 2. The molecule has 1 unspecified atom stereocenters. The smallest absolute Gasteiger partial charge is 0.305 e. The number of methoxy groups -OCH3 is 2. The van der Waals surface area contributed by atoms with E-state index in [-0.39, 0.29) is 6.42 Å². The molecule has 1 aliphatic rings. The van der Waals surface area contributed by atoms with Crippen molar-refractivity contribution < 1.29 is 19.4 Å². The summed E-state index contributed by atoms with van der Waals surface area (Å²) < 4.78 is 10.5. The molecule has 0 radical (unpaired) electrons. The predicted octanol–water partition coefficient (Wildman–Crippen LogP) is 1.36. The van der Waals surface area contributed by atoms with E-state index < -0.39 is 12.0 Å². The molecule has 0 saturated carbocycles. The van der Waals surface area contributed by atoms with Crippen LogP contribution >= 0.6 is 11.8 Å². The molecule has 118 valence electrons. The Kier molecular flexibility index (Phi) is 5.40. The third-order valence-corrected chi connectivity index (χ3v) is 4.16. The van der Waals surface area contributed by atoms with Crippen LogP contribution in [0.2, 0.25) is 0 Å². The van der Waals surface area contributed by atoms with Gasteiger partial charge in [-0.2, -0.15) is 5.10 Å². The summed E-state index contributed by atoms with van der Waals surface area (Å²) in [5.74, 6) is 0.932. The van der Waals surface area contributed by atoms with Gasteiger partial charge in [0.05, 0.1) is 32.4 Å². The van der Waals surface area contributed by atoms with Gasteiger partial charge in [0.15, 0.2) is 0 Å². The highest BCUT2D eigenvalue weighted by atomic mass is 32.2. The Morgan fingerprint density at radius 3 is 2.73 bits per heavy atom. The van der Waals surface area contributed by atoms with Crippen molar-refractivity contribution in [3.63, 3.8) is 0 Å². The fourth-order valence-electron chi connectivity index (χ4n) is 1.93. The number of rotatable bonds is 6. The lowest BCUT2D eigenvalue weighted by Crippen LogP contribution is -2.32. The molecule has 0 bridgehead atoms. The van der Waals surface area contributed by atoms with Gasteiger partial charge in [0.2, 0.25) is 0 Å². The van der Waals surface area contributed by atoms with Gasteiger partial charge in [-0.1, -0.05) is 0 Å². The lowest BCUT2D eigenvalue weighted by molar-refractivity contribution is -0.137. The number of aliphatic carboxylic acids is 1. The molecule has 0 aliphatic carbocycles. The van der Waals surface area contributed by atoms with Crippen LogP contribution in [0.3, 0.4) is 0 Å². The summed E-state index contributed by atoms with van der Waals surface area (Å²) in [4.78, 5) is 10.7.